The van der Waals surface area contributed by atoms with E-state index >= 15 is 0 Å². The van der Waals surface area contributed by atoms with Crippen LogP contribution in [0.15, 0.2) is 96.0 Å². The second-order valence-corrected chi connectivity index (χ2v) is 12.7. The van der Waals surface area contributed by atoms with E-state index in [2.05, 4.69) is 4.74 Å². The lowest BCUT2D eigenvalue weighted by Crippen LogP contribution is -2.06. The molecule has 6 nitrogen and oxygen atoms in total. The molecule has 218 valence electrons. The van der Waals surface area contributed by atoms with Crippen LogP contribution in [0.25, 0.3) is 34.5 Å². The number of methoxy groups -OCH3 is 1. The molecule has 1 aromatic heterocycles. The number of benzene rings is 4. The van der Waals surface area contributed by atoms with Crippen LogP contribution in [0.3, 0.4) is 0 Å². The summed E-state index contributed by atoms with van der Waals surface area (Å²) in [5.41, 5.74) is 4.33. The van der Waals surface area contributed by atoms with Crippen molar-refractivity contribution in [1.29, 1.82) is 0 Å². The van der Waals surface area contributed by atoms with Gasteiger partial charge in [0, 0.05) is 29.6 Å². The lowest BCUT2D eigenvalue weighted by molar-refractivity contribution is 0.0595. The molecule has 10 heteroatoms. The highest BCUT2D eigenvalue weighted by Gasteiger charge is 2.15. The zero-order valence-corrected chi connectivity index (χ0v) is 25.4. The maximum atomic E-state index is 14.7. The zero-order chi connectivity index (χ0) is 30.7. The predicted molar refractivity (Wildman–Crippen MR) is 168 cm³/mol. The fraction of sp³-hybridized carbons (Fsp3) is 0.0909. The van der Waals surface area contributed by atoms with Crippen LogP contribution >= 0.6 is 23.2 Å². The molecule has 5 rings (SSSR count). The van der Waals surface area contributed by atoms with Gasteiger partial charge in [-0.05, 0) is 70.8 Å². The van der Waals surface area contributed by atoms with Gasteiger partial charge in [-0.25, -0.2) is 22.6 Å². The second kappa shape index (κ2) is 12.6. The smallest absolute Gasteiger partial charge is 0.340 e. The van der Waals surface area contributed by atoms with Crippen LogP contribution in [0, 0.1) is 5.82 Å². The van der Waals surface area contributed by atoms with Gasteiger partial charge in [0.2, 0.25) is 0 Å². The Balaban J connectivity index is 1.46. The largest absolute Gasteiger partial charge is 0.465 e. The van der Waals surface area contributed by atoms with Crippen molar-refractivity contribution in [1.82, 2.24) is 9.55 Å². The van der Waals surface area contributed by atoms with Crippen LogP contribution in [0.1, 0.15) is 27.3 Å². The van der Waals surface area contributed by atoms with E-state index in [1.54, 1.807) is 42.5 Å². The number of halogens is 3. The first-order valence-corrected chi connectivity index (χ1v) is 15.6. The van der Waals surface area contributed by atoms with Crippen molar-refractivity contribution in [3.05, 3.63) is 130 Å². The molecule has 1 heterocycles. The van der Waals surface area contributed by atoms with Crippen molar-refractivity contribution >= 4 is 51.2 Å². The molecule has 0 radical (unpaired) electrons. The third-order valence-electron chi connectivity index (χ3n) is 6.74. The number of sulfone groups is 1. The predicted octanol–water partition coefficient (Wildman–Crippen LogP) is 8.07. The van der Waals surface area contributed by atoms with Crippen molar-refractivity contribution in [3.8, 4) is 22.4 Å². The Bertz CT molecular complexity index is 1970. The van der Waals surface area contributed by atoms with E-state index in [-0.39, 0.29) is 17.0 Å². The van der Waals surface area contributed by atoms with Gasteiger partial charge in [-0.3, -0.25) is 0 Å². The van der Waals surface area contributed by atoms with Gasteiger partial charge in [0.1, 0.15) is 11.6 Å². The number of carbonyl (C=O) groups excluding carboxylic acids is 1. The SMILES string of the molecule is COC(=O)c1ccc(Cn2cc(-c3ccc(Cl)cc3Cl)nc2C=Cc2ccc(-c3cccc(S(C)(=O)=O)c3)cc2)cc1F. The van der Waals surface area contributed by atoms with Crippen molar-refractivity contribution in [3.63, 3.8) is 0 Å². The zero-order valence-electron chi connectivity index (χ0n) is 23.1. The molecule has 0 unspecified atom stereocenters. The molecule has 43 heavy (non-hydrogen) atoms. The average Bonchev–Trinajstić information content (AvgIpc) is 3.37. The fourth-order valence-electron chi connectivity index (χ4n) is 4.51. The summed E-state index contributed by atoms with van der Waals surface area (Å²) in [4.78, 5) is 16.9. The number of nitrogens with zero attached hydrogens (tertiary/aromatic N) is 2. The van der Waals surface area contributed by atoms with Crippen molar-refractivity contribution in [2.24, 2.45) is 0 Å². The lowest BCUT2D eigenvalue weighted by atomic mass is 10.0. The van der Waals surface area contributed by atoms with Crippen molar-refractivity contribution in [2.75, 3.05) is 13.4 Å². The Morgan fingerprint density at radius 1 is 0.953 bits per heavy atom. The van der Waals surface area contributed by atoms with Crippen molar-refractivity contribution in [2.45, 2.75) is 11.4 Å². The van der Waals surface area contributed by atoms with E-state index in [1.807, 2.05) is 53.2 Å². The molecule has 0 aliphatic heterocycles. The highest BCUT2D eigenvalue weighted by molar-refractivity contribution is 7.90. The first-order chi connectivity index (χ1) is 20.5. The van der Waals surface area contributed by atoms with Gasteiger partial charge < -0.3 is 9.30 Å². The van der Waals surface area contributed by atoms with E-state index in [0.717, 1.165) is 16.7 Å². The molecule has 0 aliphatic rings. The minimum absolute atomic E-state index is 0.142. The topological polar surface area (TPSA) is 78.3 Å². The fourth-order valence-corrected chi connectivity index (χ4v) is 5.68. The molecule has 0 amide bonds. The van der Waals surface area contributed by atoms with Crippen LogP contribution in [-0.2, 0) is 21.1 Å². The van der Waals surface area contributed by atoms with Crippen LogP contribution in [-0.4, -0.2) is 37.3 Å². The highest BCUT2D eigenvalue weighted by atomic mass is 35.5. The quantitative estimate of drug-likeness (QED) is 0.161. The van der Waals surface area contributed by atoms with E-state index in [1.165, 1.54) is 25.5 Å². The normalized spacial score (nSPS) is 11.7. The number of esters is 1. The van der Waals surface area contributed by atoms with E-state index in [9.17, 15) is 17.6 Å². The van der Waals surface area contributed by atoms with Crippen LogP contribution in [0.5, 0.6) is 0 Å². The Morgan fingerprint density at radius 2 is 1.72 bits per heavy atom. The Labute approximate surface area is 258 Å². The maximum Gasteiger partial charge on any atom is 0.340 e. The summed E-state index contributed by atoms with van der Waals surface area (Å²) in [7, 11) is -2.12. The number of ether oxygens (including phenoxy) is 1. The van der Waals surface area contributed by atoms with Gasteiger partial charge in [-0.15, -0.1) is 0 Å². The third kappa shape index (κ3) is 7.05. The average molecular weight is 636 g/mol. The molecular weight excluding hydrogens is 610 g/mol. The lowest BCUT2D eigenvalue weighted by Gasteiger charge is -2.08. The summed E-state index contributed by atoms with van der Waals surface area (Å²) in [6.45, 7) is 0.270. The molecule has 0 N–H and O–H groups in total. The Hall–Kier alpha value is -4.24. The Morgan fingerprint density at radius 3 is 2.40 bits per heavy atom. The maximum absolute atomic E-state index is 14.7. The summed E-state index contributed by atoms with van der Waals surface area (Å²) in [6.07, 6.45) is 6.73. The van der Waals surface area contributed by atoms with Gasteiger partial charge in [0.25, 0.3) is 0 Å². The monoisotopic (exact) mass is 634 g/mol. The van der Waals surface area contributed by atoms with Gasteiger partial charge in [-0.2, -0.15) is 0 Å². The van der Waals surface area contributed by atoms with Gasteiger partial charge >= 0.3 is 5.97 Å². The molecule has 0 spiro atoms. The van der Waals surface area contributed by atoms with Crippen LogP contribution < -0.4 is 0 Å². The third-order valence-corrected chi connectivity index (χ3v) is 8.40. The van der Waals surface area contributed by atoms with Crippen LogP contribution in [0.4, 0.5) is 4.39 Å². The number of hydrogen-bond donors (Lipinski definition) is 0. The van der Waals surface area contributed by atoms with Gasteiger partial charge in [0.15, 0.2) is 9.84 Å². The molecule has 0 aliphatic carbocycles. The first kappa shape index (κ1) is 30.2. The first-order valence-electron chi connectivity index (χ1n) is 13.0. The summed E-state index contributed by atoms with van der Waals surface area (Å²) >= 11 is 12.5. The minimum atomic E-state index is -3.32. The molecule has 5 aromatic rings. The summed E-state index contributed by atoms with van der Waals surface area (Å²) in [5, 5.41) is 0.942. The summed E-state index contributed by atoms with van der Waals surface area (Å²) in [6, 6.07) is 24.0. The number of rotatable bonds is 8. The molecule has 4 aromatic carbocycles. The summed E-state index contributed by atoms with van der Waals surface area (Å²) in [5.74, 6) is -0.836. The minimum Gasteiger partial charge on any atom is -0.465 e. The molecule has 0 fully saturated rings. The van der Waals surface area contributed by atoms with Gasteiger partial charge in [0.05, 0.1) is 28.3 Å². The van der Waals surface area contributed by atoms with E-state index in [0.29, 0.717) is 32.7 Å². The van der Waals surface area contributed by atoms with Crippen molar-refractivity contribution < 1.29 is 22.3 Å². The van der Waals surface area contributed by atoms with Crippen LogP contribution in [0.2, 0.25) is 10.0 Å². The highest BCUT2D eigenvalue weighted by Crippen LogP contribution is 2.31. The molecule has 0 saturated carbocycles. The number of carbonyl (C=O) groups is 1. The standard InChI is InChI=1S/C33H25Cl2FN2O4S/c1-42-33(39)28-13-8-22(16-30(28)36)19-38-20-31(27-14-12-25(34)18-29(27)35)37-32(38)15-9-21-6-10-23(11-7-21)24-4-3-5-26(17-24)43(2,40)41/h3-18,20H,19H2,1-2H3. The molecule has 0 bridgehead atoms. The molecule has 0 saturated heterocycles. The molecular formula is C33H25Cl2FN2O4S. The van der Waals surface area contributed by atoms with E-state index in [4.69, 9.17) is 28.2 Å². The summed E-state index contributed by atoms with van der Waals surface area (Å²) < 4.78 is 45.1. The Kier molecular flexibility index (Phi) is 8.82. The van der Waals surface area contributed by atoms with E-state index < -0.39 is 21.6 Å². The number of aromatic nitrogens is 2. The second-order valence-electron chi connectivity index (χ2n) is 9.80. The van der Waals surface area contributed by atoms with Gasteiger partial charge in [-0.1, -0.05) is 71.7 Å². The number of imidazole rings is 1. The number of hydrogen-bond acceptors (Lipinski definition) is 5. The molecule has 0 atom stereocenters.